The molecule has 13 nitrogen and oxygen atoms in total. The summed E-state index contributed by atoms with van der Waals surface area (Å²) in [6, 6.07) is 23.3. The van der Waals surface area contributed by atoms with E-state index in [1.54, 1.807) is 48.5 Å². The van der Waals surface area contributed by atoms with E-state index in [1.807, 2.05) is 12.1 Å². The largest absolute Gasteiger partial charge is 0.488 e. The molecule has 0 saturated heterocycles. The third kappa shape index (κ3) is 11.0. The molecule has 3 N–H and O–H groups in total. The minimum atomic E-state index is -1.26. The Bertz CT molecular complexity index is 2700. The van der Waals surface area contributed by atoms with E-state index in [2.05, 4.69) is 15.3 Å². The van der Waals surface area contributed by atoms with Crippen molar-refractivity contribution in [2.75, 3.05) is 13.2 Å². The second kappa shape index (κ2) is 20.6. The van der Waals surface area contributed by atoms with E-state index in [9.17, 15) is 30.3 Å². The summed E-state index contributed by atoms with van der Waals surface area (Å²) in [6.07, 6.45) is 5.86. The van der Waals surface area contributed by atoms with Crippen molar-refractivity contribution in [3.63, 3.8) is 0 Å². The lowest BCUT2D eigenvalue weighted by atomic mass is 10.0. The molecule has 308 valence electrons. The quantitative estimate of drug-likeness (QED) is 0.0786. The van der Waals surface area contributed by atoms with E-state index in [1.165, 1.54) is 49.1 Å². The van der Waals surface area contributed by atoms with Crippen molar-refractivity contribution in [2.45, 2.75) is 26.4 Å². The molecule has 6 aromatic rings. The number of hydrogen-bond acceptors (Lipinski definition) is 11. The number of hydrogen-bond donors (Lipinski definition) is 3. The molecule has 2 heterocycles. The van der Waals surface area contributed by atoms with Crippen LogP contribution in [0, 0.1) is 22.7 Å². The lowest BCUT2D eigenvalue weighted by Crippen LogP contribution is -2.27. The third-order valence-corrected chi connectivity index (χ3v) is 10.3. The topological polar surface area (TPSA) is 197 Å². The summed E-state index contributed by atoms with van der Waals surface area (Å²) in [5.41, 5.74) is 4.03. The number of carbonyl (C=O) groups is 2. The van der Waals surface area contributed by atoms with Crippen LogP contribution in [0.3, 0.4) is 0 Å². The molecule has 4 aromatic carbocycles. The Kier molecular flexibility index (Phi) is 14.9. The molecule has 0 aliphatic carbocycles. The van der Waals surface area contributed by atoms with Crippen LogP contribution in [-0.2, 0) is 26.4 Å². The van der Waals surface area contributed by atoms with Gasteiger partial charge >= 0.3 is 5.97 Å². The average Bonchev–Trinajstić information content (AvgIpc) is 3.27. The SMILES string of the molecule is N#Cc1cncc(COc2cc(OCc3cccc(-c4cccc(COc5cc(OCc6cncc(C#N)c6)c(C(=O)NCCO)cc5Cl)c4Cl)c3Cl)c(Cl)cc2C(=O)O)c1. The summed E-state index contributed by atoms with van der Waals surface area (Å²) in [5, 5.41) is 40.9. The van der Waals surface area contributed by atoms with Gasteiger partial charge in [0.2, 0.25) is 0 Å². The molecule has 0 unspecified atom stereocenters. The number of nitrogens with one attached hydrogen (secondary N) is 1. The molecule has 0 saturated carbocycles. The number of amides is 1. The molecule has 2 aromatic heterocycles. The number of nitriles is 2. The van der Waals surface area contributed by atoms with Gasteiger partial charge in [-0.3, -0.25) is 14.8 Å². The zero-order valence-electron chi connectivity index (χ0n) is 31.6. The Hall–Kier alpha value is -6.58. The van der Waals surface area contributed by atoms with E-state index >= 15 is 0 Å². The minimum absolute atomic E-state index is 0.00482. The number of aromatic carboxylic acids is 1. The van der Waals surface area contributed by atoms with Crippen molar-refractivity contribution in [3.8, 4) is 46.3 Å². The van der Waals surface area contributed by atoms with Gasteiger partial charge in [0.25, 0.3) is 5.91 Å². The van der Waals surface area contributed by atoms with Crippen LogP contribution in [0.5, 0.6) is 23.0 Å². The average molecular weight is 900 g/mol. The molecule has 6 rings (SSSR count). The van der Waals surface area contributed by atoms with E-state index in [0.29, 0.717) is 54.6 Å². The van der Waals surface area contributed by atoms with Crippen molar-refractivity contribution in [1.29, 1.82) is 10.5 Å². The van der Waals surface area contributed by atoms with Crippen molar-refractivity contribution >= 4 is 58.3 Å². The Balaban J connectivity index is 1.20. The van der Waals surface area contributed by atoms with Gasteiger partial charge in [-0.15, -0.1) is 0 Å². The predicted octanol–water partition coefficient (Wildman–Crippen LogP) is 9.24. The fourth-order valence-electron chi connectivity index (χ4n) is 5.83. The van der Waals surface area contributed by atoms with E-state index in [0.717, 1.165) is 0 Å². The number of pyridine rings is 2. The highest BCUT2D eigenvalue weighted by atomic mass is 35.5. The first kappa shape index (κ1) is 44.0. The maximum absolute atomic E-state index is 13.0. The summed E-state index contributed by atoms with van der Waals surface area (Å²) in [6.45, 7) is -0.480. The molecule has 61 heavy (non-hydrogen) atoms. The smallest absolute Gasteiger partial charge is 0.339 e. The van der Waals surface area contributed by atoms with Gasteiger partial charge in [0.1, 0.15) is 67.1 Å². The van der Waals surface area contributed by atoms with Gasteiger partial charge in [-0.2, -0.15) is 10.5 Å². The highest BCUT2D eigenvalue weighted by Gasteiger charge is 2.21. The number of ether oxygens (including phenoxy) is 4. The molecule has 0 spiro atoms. The van der Waals surface area contributed by atoms with Crippen LogP contribution in [0.1, 0.15) is 54.1 Å². The lowest BCUT2D eigenvalue weighted by molar-refractivity contribution is 0.0691. The van der Waals surface area contributed by atoms with Crippen LogP contribution >= 0.6 is 46.4 Å². The van der Waals surface area contributed by atoms with Crippen LogP contribution in [0.4, 0.5) is 0 Å². The fourth-order valence-corrected chi connectivity index (χ4v) is 6.83. The standard InChI is InChI=1S/C44H31Cl4N5O8/c45-35-11-33(43(55)53-7-8-54)37(58-21-27-9-25(15-49)17-51-19-27)13-39(35)60-23-29-3-1-5-31(41(29)47)32-6-2-4-30(42(32)48)24-61-40-14-38(34(44(56)57)12-36(40)46)59-22-28-10-26(16-50)18-52-20-28/h1-6,9-14,17-20,54H,7-8,21-24H2,(H,53,55)(H,56,57). The number of carbonyl (C=O) groups excluding carboxylic acids is 1. The number of aliphatic hydroxyl groups excluding tert-OH is 1. The Morgan fingerprint density at radius 1 is 0.623 bits per heavy atom. The normalized spacial score (nSPS) is 10.6. The highest BCUT2D eigenvalue weighted by Crippen LogP contribution is 2.40. The van der Waals surface area contributed by atoms with Gasteiger partial charge in [-0.05, 0) is 24.3 Å². The van der Waals surface area contributed by atoms with Crippen LogP contribution in [0.15, 0.2) is 97.6 Å². The zero-order chi connectivity index (χ0) is 43.5. The van der Waals surface area contributed by atoms with Crippen LogP contribution in [-0.4, -0.2) is 45.2 Å². The molecule has 0 fully saturated rings. The van der Waals surface area contributed by atoms with Crippen LogP contribution < -0.4 is 24.3 Å². The van der Waals surface area contributed by atoms with Crippen LogP contribution in [0.25, 0.3) is 11.1 Å². The summed E-state index contributed by atoms with van der Waals surface area (Å²) < 4.78 is 24.0. The fraction of sp³-hybridized carbons (Fsp3) is 0.136. The molecule has 0 aliphatic rings. The lowest BCUT2D eigenvalue weighted by Gasteiger charge is -2.17. The zero-order valence-corrected chi connectivity index (χ0v) is 34.6. The monoisotopic (exact) mass is 897 g/mol. The minimum Gasteiger partial charge on any atom is -0.488 e. The van der Waals surface area contributed by atoms with Gasteiger partial charge in [0.15, 0.2) is 0 Å². The Morgan fingerprint density at radius 2 is 1.08 bits per heavy atom. The molecule has 0 atom stereocenters. The predicted molar refractivity (Wildman–Crippen MR) is 226 cm³/mol. The molecule has 1 amide bonds. The first-order valence-electron chi connectivity index (χ1n) is 18.0. The van der Waals surface area contributed by atoms with Gasteiger partial charge in [-0.25, -0.2) is 4.79 Å². The summed E-state index contributed by atoms with van der Waals surface area (Å²) >= 11 is 27.0. The maximum atomic E-state index is 13.0. The number of aromatic nitrogens is 2. The molecule has 0 radical (unpaired) electrons. The van der Waals surface area contributed by atoms with Gasteiger partial charge in [-0.1, -0.05) is 82.8 Å². The molecular weight excluding hydrogens is 868 g/mol. The third-order valence-electron chi connectivity index (χ3n) is 8.79. The van der Waals surface area contributed by atoms with E-state index in [-0.39, 0.29) is 83.7 Å². The van der Waals surface area contributed by atoms with Gasteiger partial charge in [0.05, 0.1) is 43.4 Å². The number of aliphatic hydroxyl groups is 1. The van der Waals surface area contributed by atoms with Crippen LogP contribution in [0.2, 0.25) is 20.1 Å². The summed E-state index contributed by atoms with van der Waals surface area (Å²) in [7, 11) is 0. The number of halogens is 4. The summed E-state index contributed by atoms with van der Waals surface area (Å²) in [5.74, 6) is -1.35. The van der Waals surface area contributed by atoms with Crippen molar-refractivity contribution in [1.82, 2.24) is 15.3 Å². The van der Waals surface area contributed by atoms with Gasteiger partial charge < -0.3 is 34.5 Å². The second-order valence-corrected chi connectivity index (χ2v) is 14.5. The number of carboxylic acids is 1. The Morgan fingerprint density at radius 3 is 1.54 bits per heavy atom. The molecule has 17 heteroatoms. The molecular formula is C44H31Cl4N5O8. The summed E-state index contributed by atoms with van der Waals surface area (Å²) in [4.78, 5) is 33.0. The highest BCUT2D eigenvalue weighted by molar-refractivity contribution is 6.37. The maximum Gasteiger partial charge on any atom is 0.339 e. The number of carboxylic acid groups (broad SMARTS) is 1. The van der Waals surface area contributed by atoms with E-state index < -0.39 is 11.9 Å². The Labute approximate surface area is 369 Å². The van der Waals surface area contributed by atoms with Gasteiger partial charge in [0, 0.05) is 76.8 Å². The van der Waals surface area contributed by atoms with Crippen molar-refractivity contribution in [2.24, 2.45) is 0 Å². The second-order valence-electron chi connectivity index (χ2n) is 12.9. The molecule has 0 bridgehead atoms. The number of rotatable bonds is 17. The van der Waals surface area contributed by atoms with Crippen molar-refractivity contribution in [3.05, 3.63) is 162 Å². The van der Waals surface area contributed by atoms with Crippen molar-refractivity contribution < 1.29 is 38.7 Å². The first-order chi connectivity index (χ1) is 29.5. The molecule has 0 aliphatic heterocycles. The number of nitrogens with zero attached hydrogens (tertiary/aromatic N) is 4. The van der Waals surface area contributed by atoms with E-state index in [4.69, 9.17) is 65.4 Å². The first-order valence-corrected chi connectivity index (χ1v) is 19.5. The number of benzene rings is 4.